The number of nitrogens with zero attached hydrogens (tertiary/aromatic N) is 6. The first-order chi connectivity index (χ1) is 23.3. The molecule has 1 aliphatic heterocycles. The number of carbonyl (C=O) groups excluding carboxylic acids is 3. The zero-order valence-corrected chi connectivity index (χ0v) is 28.8. The molecule has 2 aromatic carbocycles. The van der Waals surface area contributed by atoms with Gasteiger partial charge >= 0.3 is 6.03 Å². The van der Waals surface area contributed by atoms with E-state index in [0.29, 0.717) is 11.3 Å². The van der Waals surface area contributed by atoms with Crippen LogP contribution in [0.5, 0.6) is 0 Å². The lowest BCUT2D eigenvalue weighted by Crippen LogP contribution is -2.57. The first-order valence-electron chi connectivity index (χ1n) is 16.0. The van der Waals surface area contributed by atoms with Crippen LogP contribution >= 0.6 is 0 Å². The predicted octanol–water partition coefficient (Wildman–Crippen LogP) is 2.51. The molecule has 262 valence electrons. The highest BCUT2D eigenvalue weighted by molar-refractivity contribution is 7.89. The van der Waals surface area contributed by atoms with E-state index in [1.165, 1.54) is 58.3 Å². The second-order valence-electron chi connectivity index (χ2n) is 12.7. The second-order valence-corrected chi connectivity index (χ2v) is 14.6. The highest BCUT2D eigenvalue weighted by atomic mass is 32.2. The number of aromatic nitrogens is 2. The maximum atomic E-state index is 14.0. The summed E-state index contributed by atoms with van der Waals surface area (Å²) in [5.74, 6) is -1.59. The molecule has 1 saturated heterocycles. The minimum absolute atomic E-state index is 0.0118. The van der Waals surface area contributed by atoms with E-state index in [4.69, 9.17) is 5.21 Å². The molecule has 3 N–H and O–H groups in total. The van der Waals surface area contributed by atoms with Gasteiger partial charge in [0.25, 0.3) is 5.91 Å². The molecule has 4 rings (SSSR count). The molecule has 3 aromatic rings. The summed E-state index contributed by atoms with van der Waals surface area (Å²) in [6.07, 6.45) is 4.36. The molecule has 1 aliphatic rings. The van der Waals surface area contributed by atoms with E-state index in [-0.39, 0.29) is 43.4 Å². The number of urea groups is 1. The predicted molar refractivity (Wildman–Crippen MR) is 181 cm³/mol. The zero-order chi connectivity index (χ0) is 35.7. The minimum atomic E-state index is -4.10. The van der Waals surface area contributed by atoms with E-state index >= 15 is 0 Å². The highest BCUT2D eigenvalue weighted by Gasteiger charge is 2.44. The van der Waals surface area contributed by atoms with Crippen LogP contribution < -0.4 is 5.32 Å². The van der Waals surface area contributed by atoms with Crippen LogP contribution in [0, 0.1) is 11.8 Å². The van der Waals surface area contributed by atoms with Crippen LogP contribution in [0.15, 0.2) is 83.2 Å². The van der Waals surface area contributed by atoms with Crippen molar-refractivity contribution in [2.24, 2.45) is 17.0 Å². The Balaban J connectivity index is 1.59. The number of hydrogen-bond acceptors (Lipinski definition) is 10. The minimum Gasteiger partial charge on any atom is -0.411 e. The maximum absolute atomic E-state index is 14.0. The van der Waals surface area contributed by atoms with Crippen molar-refractivity contribution in [2.45, 2.75) is 63.7 Å². The van der Waals surface area contributed by atoms with E-state index in [0.717, 1.165) is 10.5 Å². The lowest BCUT2D eigenvalue weighted by molar-refractivity contribution is -0.129. The van der Waals surface area contributed by atoms with Gasteiger partial charge in [0, 0.05) is 25.5 Å². The van der Waals surface area contributed by atoms with Crippen molar-refractivity contribution in [2.75, 3.05) is 19.6 Å². The van der Waals surface area contributed by atoms with Crippen LogP contribution in [0.4, 0.5) is 4.79 Å². The number of sulfonamides is 1. The van der Waals surface area contributed by atoms with E-state index in [9.17, 15) is 27.9 Å². The molecule has 2 heterocycles. The normalized spacial score (nSPS) is 15.8. The van der Waals surface area contributed by atoms with Gasteiger partial charge in [0.1, 0.15) is 12.6 Å². The number of carbonyl (C=O) groups is 3. The third kappa shape index (κ3) is 9.46. The molecule has 1 fully saturated rings. The Kier molecular flexibility index (Phi) is 12.6. The number of hydrogen-bond donors (Lipinski definition) is 3. The Morgan fingerprint density at radius 3 is 2.33 bits per heavy atom. The summed E-state index contributed by atoms with van der Waals surface area (Å²) < 4.78 is 28.9. The summed E-state index contributed by atoms with van der Waals surface area (Å²) in [4.78, 5) is 50.8. The zero-order valence-electron chi connectivity index (χ0n) is 28.0. The number of aliphatic hydroxyl groups is 1. The summed E-state index contributed by atoms with van der Waals surface area (Å²) >= 11 is 0. The fourth-order valence-electron chi connectivity index (χ4n) is 5.69. The second kappa shape index (κ2) is 16.6. The number of nitrogens with one attached hydrogen (secondary N) is 1. The van der Waals surface area contributed by atoms with E-state index in [1.54, 1.807) is 13.8 Å². The molecule has 0 spiro atoms. The van der Waals surface area contributed by atoms with Gasteiger partial charge in [-0.05, 0) is 41.5 Å². The summed E-state index contributed by atoms with van der Waals surface area (Å²) in [6, 6.07) is 12.2. The molecule has 0 saturated carbocycles. The third-order valence-electron chi connectivity index (χ3n) is 8.03. The van der Waals surface area contributed by atoms with Crippen LogP contribution in [0.25, 0.3) is 0 Å². The quantitative estimate of drug-likeness (QED) is 0.0878. The Bertz CT molecular complexity index is 1710. The average molecular weight is 694 g/mol. The maximum Gasteiger partial charge on any atom is 0.328 e. The van der Waals surface area contributed by atoms with Crippen LogP contribution in [-0.4, -0.2) is 105 Å². The van der Waals surface area contributed by atoms with Gasteiger partial charge in [0.05, 0.1) is 41.7 Å². The van der Waals surface area contributed by atoms with Crippen LogP contribution in [0.3, 0.4) is 0 Å². The Labute approximate surface area is 286 Å². The van der Waals surface area contributed by atoms with Gasteiger partial charge in [0.2, 0.25) is 15.9 Å². The van der Waals surface area contributed by atoms with Crippen molar-refractivity contribution >= 4 is 34.1 Å². The van der Waals surface area contributed by atoms with Gasteiger partial charge in [0.15, 0.2) is 0 Å². The Morgan fingerprint density at radius 2 is 1.73 bits per heavy atom. The lowest BCUT2D eigenvalue weighted by atomic mass is 9.97. The van der Waals surface area contributed by atoms with Gasteiger partial charge in [-0.1, -0.05) is 75.3 Å². The standard InChI is InChI=1S/C34H43N7O7S/c1-23(2)19-39(49(47,48)28-12-10-26(11-13-28)17-37-46)21-30(42)29(16-25-8-6-5-7-9-25)38-33(44)32(24(3)4)41-22-31(43)40(34(41)45)20-27-18-35-14-15-36-27/h5-15,17-18,23-24,29-30,32,42,46H,16,19-22H2,1-4H3,(H,38,44)/b37-17+/t29-,30+,32-/m0/s1. The summed E-state index contributed by atoms with van der Waals surface area (Å²) in [6.45, 7) is 6.56. The molecule has 0 unspecified atom stereocenters. The molecule has 14 nitrogen and oxygen atoms in total. The van der Waals surface area contributed by atoms with E-state index < -0.39 is 52.0 Å². The van der Waals surface area contributed by atoms with Crippen molar-refractivity contribution in [3.8, 4) is 0 Å². The van der Waals surface area contributed by atoms with Crippen molar-refractivity contribution in [3.05, 3.63) is 90.0 Å². The van der Waals surface area contributed by atoms with E-state index in [1.807, 2.05) is 44.2 Å². The molecular weight excluding hydrogens is 650 g/mol. The molecular formula is C34H43N7O7S. The lowest BCUT2D eigenvalue weighted by Gasteiger charge is -2.34. The van der Waals surface area contributed by atoms with Gasteiger partial charge in [-0.3, -0.25) is 24.5 Å². The molecule has 1 aromatic heterocycles. The number of imide groups is 1. The van der Waals surface area contributed by atoms with Crippen molar-refractivity contribution in [1.29, 1.82) is 0 Å². The SMILES string of the molecule is CC(C)CN(C[C@@H](O)[C@H](Cc1ccccc1)NC(=O)[C@H](C(C)C)N1CC(=O)N(Cc2cnccn2)C1=O)S(=O)(=O)c1ccc(/C=N/O)cc1. The number of aliphatic hydroxyl groups excluding tert-OH is 1. The topological polar surface area (TPSA) is 186 Å². The van der Waals surface area contributed by atoms with Crippen molar-refractivity contribution < 1.29 is 33.1 Å². The number of rotatable bonds is 16. The largest absolute Gasteiger partial charge is 0.411 e. The molecule has 0 bridgehead atoms. The van der Waals surface area contributed by atoms with Gasteiger partial charge in [-0.2, -0.15) is 4.31 Å². The third-order valence-corrected chi connectivity index (χ3v) is 9.88. The smallest absolute Gasteiger partial charge is 0.328 e. The average Bonchev–Trinajstić information content (AvgIpc) is 3.33. The van der Waals surface area contributed by atoms with Crippen LogP contribution in [-0.2, 0) is 32.6 Å². The first kappa shape index (κ1) is 37.1. The summed E-state index contributed by atoms with van der Waals surface area (Å²) in [5.41, 5.74) is 1.70. The molecule has 0 aliphatic carbocycles. The Morgan fingerprint density at radius 1 is 1.04 bits per heavy atom. The first-order valence-corrected chi connectivity index (χ1v) is 17.4. The van der Waals surface area contributed by atoms with Gasteiger partial charge in [-0.15, -0.1) is 0 Å². The highest BCUT2D eigenvalue weighted by Crippen LogP contribution is 2.23. The summed E-state index contributed by atoms with van der Waals surface area (Å²) in [7, 11) is -4.10. The molecule has 4 amide bonds. The summed E-state index contributed by atoms with van der Waals surface area (Å²) in [5, 5.41) is 26.4. The Hall–Kier alpha value is -4.73. The monoisotopic (exact) mass is 693 g/mol. The van der Waals surface area contributed by atoms with Crippen molar-refractivity contribution in [3.63, 3.8) is 0 Å². The van der Waals surface area contributed by atoms with Gasteiger partial charge in [-0.25, -0.2) is 13.2 Å². The molecule has 3 atom stereocenters. The number of oxime groups is 1. The van der Waals surface area contributed by atoms with Crippen molar-refractivity contribution in [1.82, 2.24) is 29.4 Å². The van der Waals surface area contributed by atoms with Crippen LogP contribution in [0.2, 0.25) is 0 Å². The van der Waals surface area contributed by atoms with Crippen LogP contribution in [0.1, 0.15) is 44.5 Å². The van der Waals surface area contributed by atoms with Gasteiger partial charge < -0.3 is 20.5 Å². The number of amides is 4. The fraction of sp³-hybridized carbons (Fsp3) is 0.412. The van der Waals surface area contributed by atoms with E-state index in [2.05, 4.69) is 20.4 Å². The fourth-order valence-corrected chi connectivity index (χ4v) is 7.31. The molecule has 15 heteroatoms. The number of benzene rings is 2. The molecule has 0 radical (unpaired) electrons. The molecule has 49 heavy (non-hydrogen) atoms.